The molecule has 5 heteroatoms. The minimum absolute atomic E-state index is 0.150. The monoisotopic (exact) mass is 305 g/mol. The Morgan fingerprint density at radius 2 is 2.00 bits per heavy atom. The summed E-state index contributed by atoms with van der Waals surface area (Å²) in [5.74, 6) is 1.61. The van der Waals surface area contributed by atoms with E-state index in [-0.39, 0.29) is 5.41 Å². The SMILES string of the molecule is CCNc1cc(COC)nc(-c2ccc(C(C)(C)C)s2)n1. The van der Waals surface area contributed by atoms with Crippen molar-refractivity contribution in [3.63, 3.8) is 0 Å². The van der Waals surface area contributed by atoms with Crippen molar-refractivity contribution in [2.24, 2.45) is 0 Å². The van der Waals surface area contributed by atoms with E-state index in [4.69, 9.17) is 4.74 Å². The Kier molecular flexibility index (Phi) is 4.96. The Hall–Kier alpha value is -1.46. The van der Waals surface area contributed by atoms with Gasteiger partial charge in [-0.05, 0) is 24.5 Å². The van der Waals surface area contributed by atoms with Gasteiger partial charge >= 0.3 is 0 Å². The van der Waals surface area contributed by atoms with Gasteiger partial charge in [-0.1, -0.05) is 20.8 Å². The number of hydrogen-bond acceptors (Lipinski definition) is 5. The van der Waals surface area contributed by atoms with Crippen molar-refractivity contribution in [1.29, 1.82) is 0 Å². The van der Waals surface area contributed by atoms with Crippen LogP contribution in [0, 0.1) is 0 Å². The quantitative estimate of drug-likeness (QED) is 0.904. The number of ether oxygens (including phenoxy) is 1. The topological polar surface area (TPSA) is 47.0 Å². The van der Waals surface area contributed by atoms with Crippen LogP contribution in [-0.4, -0.2) is 23.6 Å². The molecule has 114 valence electrons. The summed E-state index contributed by atoms with van der Waals surface area (Å²) in [6.07, 6.45) is 0. The van der Waals surface area contributed by atoms with E-state index in [9.17, 15) is 0 Å². The van der Waals surface area contributed by atoms with Crippen molar-refractivity contribution in [1.82, 2.24) is 9.97 Å². The van der Waals surface area contributed by atoms with Gasteiger partial charge in [0, 0.05) is 24.6 Å². The Morgan fingerprint density at radius 3 is 2.57 bits per heavy atom. The van der Waals surface area contributed by atoms with Crippen LogP contribution < -0.4 is 5.32 Å². The summed E-state index contributed by atoms with van der Waals surface area (Å²) in [6, 6.07) is 6.21. The molecule has 0 radical (unpaired) electrons. The fourth-order valence-corrected chi connectivity index (χ4v) is 2.96. The number of aromatic nitrogens is 2. The van der Waals surface area contributed by atoms with Crippen molar-refractivity contribution < 1.29 is 4.74 Å². The number of nitrogens with one attached hydrogen (secondary N) is 1. The Morgan fingerprint density at radius 1 is 1.24 bits per heavy atom. The van der Waals surface area contributed by atoms with Crippen LogP contribution in [0.5, 0.6) is 0 Å². The summed E-state index contributed by atoms with van der Waals surface area (Å²) < 4.78 is 5.20. The van der Waals surface area contributed by atoms with Crippen LogP contribution in [-0.2, 0) is 16.8 Å². The lowest BCUT2D eigenvalue weighted by atomic mass is 9.95. The third-order valence-corrected chi connectivity index (χ3v) is 4.50. The zero-order valence-corrected chi connectivity index (χ0v) is 14.2. The van der Waals surface area contributed by atoms with E-state index in [0.717, 1.165) is 28.8 Å². The molecule has 0 aliphatic heterocycles. The van der Waals surface area contributed by atoms with E-state index in [1.165, 1.54) is 4.88 Å². The molecular weight excluding hydrogens is 282 g/mol. The molecule has 0 atom stereocenters. The molecular formula is C16H23N3OS. The lowest BCUT2D eigenvalue weighted by Crippen LogP contribution is -2.07. The number of thiophene rings is 1. The number of nitrogens with zero attached hydrogens (tertiary/aromatic N) is 2. The molecule has 1 N–H and O–H groups in total. The first-order valence-corrected chi connectivity index (χ1v) is 7.97. The van der Waals surface area contributed by atoms with Crippen LogP contribution in [0.2, 0.25) is 0 Å². The van der Waals surface area contributed by atoms with Gasteiger partial charge in [0.2, 0.25) is 0 Å². The fraction of sp³-hybridized carbons (Fsp3) is 0.500. The van der Waals surface area contributed by atoms with Crippen molar-refractivity contribution >= 4 is 17.2 Å². The second kappa shape index (κ2) is 6.54. The second-order valence-electron chi connectivity index (χ2n) is 5.95. The Bertz CT molecular complexity index is 578. The van der Waals surface area contributed by atoms with E-state index >= 15 is 0 Å². The van der Waals surface area contributed by atoms with Crippen molar-refractivity contribution in [3.8, 4) is 10.7 Å². The molecule has 21 heavy (non-hydrogen) atoms. The first-order chi connectivity index (χ1) is 9.94. The van der Waals surface area contributed by atoms with E-state index in [2.05, 4.69) is 55.1 Å². The molecule has 0 fully saturated rings. The summed E-state index contributed by atoms with van der Waals surface area (Å²) in [4.78, 5) is 11.6. The van der Waals surface area contributed by atoms with Crippen LogP contribution >= 0.6 is 11.3 Å². The molecule has 0 spiro atoms. The Labute approximate surface area is 130 Å². The van der Waals surface area contributed by atoms with E-state index < -0.39 is 0 Å². The molecule has 2 aromatic rings. The lowest BCUT2D eigenvalue weighted by Gasteiger charge is -2.15. The molecule has 2 heterocycles. The highest BCUT2D eigenvalue weighted by atomic mass is 32.1. The van der Waals surface area contributed by atoms with Gasteiger partial charge < -0.3 is 10.1 Å². The zero-order valence-electron chi connectivity index (χ0n) is 13.4. The van der Waals surface area contributed by atoms with Gasteiger partial charge in [-0.3, -0.25) is 0 Å². The molecule has 0 saturated carbocycles. The van der Waals surface area contributed by atoms with Gasteiger partial charge in [-0.2, -0.15) is 0 Å². The molecule has 0 aliphatic carbocycles. The minimum Gasteiger partial charge on any atom is -0.378 e. The van der Waals surface area contributed by atoms with Gasteiger partial charge in [0.25, 0.3) is 0 Å². The molecule has 0 unspecified atom stereocenters. The maximum atomic E-state index is 5.20. The normalized spacial score (nSPS) is 11.7. The third-order valence-electron chi connectivity index (χ3n) is 2.99. The average molecular weight is 305 g/mol. The summed E-state index contributed by atoms with van der Waals surface area (Å²) in [6.45, 7) is 10.0. The molecule has 2 aromatic heterocycles. The first-order valence-electron chi connectivity index (χ1n) is 7.15. The lowest BCUT2D eigenvalue weighted by molar-refractivity contribution is 0.181. The van der Waals surface area contributed by atoms with Crippen molar-refractivity contribution in [2.45, 2.75) is 39.7 Å². The minimum atomic E-state index is 0.150. The maximum absolute atomic E-state index is 5.20. The standard InChI is InChI=1S/C16H23N3OS/c1-6-17-14-9-11(10-20-5)18-15(19-14)12-7-8-13(21-12)16(2,3)4/h7-9H,6,10H2,1-5H3,(H,17,18,19). The molecule has 0 bridgehead atoms. The summed E-state index contributed by atoms with van der Waals surface area (Å²) >= 11 is 1.75. The molecule has 0 amide bonds. The van der Waals surface area contributed by atoms with Crippen LogP contribution in [0.3, 0.4) is 0 Å². The summed E-state index contributed by atoms with van der Waals surface area (Å²) in [5.41, 5.74) is 1.04. The van der Waals surface area contributed by atoms with E-state index in [1.807, 2.05) is 6.07 Å². The smallest absolute Gasteiger partial charge is 0.171 e. The van der Waals surface area contributed by atoms with Crippen LogP contribution in [0.1, 0.15) is 38.3 Å². The maximum Gasteiger partial charge on any atom is 0.171 e. The number of hydrogen-bond donors (Lipinski definition) is 1. The van der Waals surface area contributed by atoms with Crippen LogP contribution in [0.25, 0.3) is 10.7 Å². The molecule has 2 rings (SSSR count). The van der Waals surface area contributed by atoms with Crippen LogP contribution in [0.4, 0.5) is 5.82 Å². The molecule has 0 aliphatic rings. The number of anilines is 1. The molecule has 4 nitrogen and oxygen atoms in total. The van der Waals surface area contributed by atoms with Gasteiger partial charge in [-0.25, -0.2) is 9.97 Å². The predicted molar refractivity (Wildman–Crippen MR) is 88.9 cm³/mol. The highest BCUT2D eigenvalue weighted by Gasteiger charge is 2.18. The molecule has 0 aromatic carbocycles. The number of methoxy groups -OCH3 is 1. The highest BCUT2D eigenvalue weighted by Crippen LogP contribution is 2.34. The predicted octanol–water partition coefficient (Wildman–Crippen LogP) is 4.08. The fourth-order valence-electron chi connectivity index (χ4n) is 1.96. The largest absolute Gasteiger partial charge is 0.378 e. The van der Waals surface area contributed by atoms with E-state index in [1.54, 1.807) is 18.4 Å². The second-order valence-corrected chi connectivity index (χ2v) is 7.03. The van der Waals surface area contributed by atoms with Gasteiger partial charge in [-0.15, -0.1) is 11.3 Å². The average Bonchev–Trinajstić information content (AvgIpc) is 2.88. The summed E-state index contributed by atoms with van der Waals surface area (Å²) in [5, 5.41) is 3.25. The van der Waals surface area contributed by atoms with Crippen molar-refractivity contribution in [2.75, 3.05) is 19.0 Å². The third kappa shape index (κ3) is 4.02. The van der Waals surface area contributed by atoms with E-state index in [0.29, 0.717) is 6.61 Å². The summed E-state index contributed by atoms with van der Waals surface area (Å²) in [7, 11) is 1.68. The Balaban J connectivity index is 2.39. The van der Waals surface area contributed by atoms with Crippen molar-refractivity contribution in [3.05, 3.63) is 28.8 Å². The molecule has 0 saturated heterocycles. The van der Waals surface area contributed by atoms with Gasteiger partial charge in [0.05, 0.1) is 17.2 Å². The van der Waals surface area contributed by atoms with Gasteiger partial charge in [0.1, 0.15) is 5.82 Å². The van der Waals surface area contributed by atoms with Crippen LogP contribution in [0.15, 0.2) is 18.2 Å². The highest BCUT2D eigenvalue weighted by molar-refractivity contribution is 7.15. The first kappa shape index (κ1) is 15.9. The number of rotatable bonds is 5. The van der Waals surface area contributed by atoms with Gasteiger partial charge in [0.15, 0.2) is 5.82 Å². The zero-order chi connectivity index (χ0) is 15.5.